The molecule has 0 radical (unpaired) electrons. The molecule has 0 aliphatic heterocycles. The second-order valence-corrected chi connectivity index (χ2v) is 2.82. The summed E-state index contributed by atoms with van der Waals surface area (Å²) >= 11 is 0. The van der Waals surface area contributed by atoms with Gasteiger partial charge < -0.3 is 15.9 Å². The van der Waals surface area contributed by atoms with E-state index in [1.807, 2.05) is 0 Å². The number of benzene rings is 1. The number of phenolic OH excluding ortho intramolecular Hbond substituents is 1. The zero-order valence-electron chi connectivity index (χ0n) is 7.47. The van der Waals surface area contributed by atoms with Crippen molar-refractivity contribution in [3.8, 4) is 5.75 Å². The summed E-state index contributed by atoms with van der Waals surface area (Å²) in [6.07, 6.45) is 0.273. The maximum Gasteiger partial charge on any atom is 0.320 e. The molecule has 0 spiro atoms. The third kappa shape index (κ3) is 4.36. The quantitative estimate of drug-likeness (QED) is 0.750. The summed E-state index contributed by atoms with van der Waals surface area (Å²) < 4.78 is 0. The summed E-state index contributed by atoms with van der Waals surface area (Å²) in [6.45, 7) is 0. The molecule has 14 heavy (non-hydrogen) atoms. The van der Waals surface area contributed by atoms with Gasteiger partial charge in [0, 0.05) is 41.7 Å². The first kappa shape index (κ1) is 13.8. The first-order valence-corrected chi connectivity index (χ1v) is 3.86. The molecule has 1 atom stereocenters. The van der Waals surface area contributed by atoms with Gasteiger partial charge in [-0.3, -0.25) is 4.79 Å². The van der Waals surface area contributed by atoms with Crippen LogP contribution in [0.15, 0.2) is 24.3 Å². The minimum Gasteiger partial charge on any atom is -0.508 e. The van der Waals surface area contributed by atoms with Gasteiger partial charge >= 0.3 is 5.97 Å². The topological polar surface area (TPSA) is 83.5 Å². The van der Waals surface area contributed by atoms with Gasteiger partial charge in [0.2, 0.25) is 0 Å². The standard InChI is InChI=1S/C9H11NO3.Ce/c10-8(9(12)13)5-6-1-3-7(11)4-2-6;/h1-4,8,11H,5,10H2,(H,12,13);/t8-;/m0./s1. The second kappa shape index (κ2) is 6.34. The van der Waals surface area contributed by atoms with Crippen LogP contribution in [-0.2, 0) is 11.2 Å². The van der Waals surface area contributed by atoms with Crippen LogP contribution in [0, 0.1) is 41.7 Å². The molecule has 1 aromatic carbocycles. The maximum atomic E-state index is 10.4. The van der Waals surface area contributed by atoms with Gasteiger partial charge in [-0.25, -0.2) is 0 Å². The fourth-order valence-corrected chi connectivity index (χ4v) is 0.973. The first-order chi connectivity index (χ1) is 6.09. The van der Waals surface area contributed by atoms with Crippen molar-refractivity contribution in [2.45, 2.75) is 12.5 Å². The second-order valence-electron chi connectivity index (χ2n) is 2.82. The van der Waals surface area contributed by atoms with E-state index >= 15 is 0 Å². The van der Waals surface area contributed by atoms with Crippen molar-refractivity contribution in [1.82, 2.24) is 0 Å². The van der Waals surface area contributed by atoms with Crippen LogP contribution in [0.5, 0.6) is 5.75 Å². The Kier molecular flexibility index (Phi) is 6.26. The van der Waals surface area contributed by atoms with E-state index < -0.39 is 12.0 Å². The van der Waals surface area contributed by atoms with Crippen molar-refractivity contribution in [3.63, 3.8) is 0 Å². The average Bonchev–Trinajstić information content (AvgIpc) is 2.08. The summed E-state index contributed by atoms with van der Waals surface area (Å²) in [5, 5.41) is 17.5. The van der Waals surface area contributed by atoms with Gasteiger partial charge in [0.1, 0.15) is 11.8 Å². The molecular weight excluding hydrogens is 310 g/mol. The van der Waals surface area contributed by atoms with E-state index in [4.69, 9.17) is 15.9 Å². The number of aliphatic carboxylic acids is 1. The predicted molar refractivity (Wildman–Crippen MR) is 47.4 cm³/mol. The number of carboxylic acids is 1. The molecule has 1 aromatic rings. The Balaban J connectivity index is 0.00000169. The third-order valence-corrected chi connectivity index (χ3v) is 1.71. The molecule has 0 heterocycles. The average molecular weight is 321 g/mol. The van der Waals surface area contributed by atoms with Gasteiger partial charge in [-0.15, -0.1) is 0 Å². The van der Waals surface area contributed by atoms with Crippen molar-refractivity contribution in [1.29, 1.82) is 0 Å². The molecule has 4 nitrogen and oxygen atoms in total. The van der Waals surface area contributed by atoms with Crippen LogP contribution in [0.2, 0.25) is 0 Å². The molecular formula is C9H11CeNO3. The number of phenols is 1. The third-order valence-electron chi connectivity index (χ3n) is 1.71. The van der Waals surface area contributed by atoms with Gasteiger partial charge in [0.15, 0.2) is 0 Å². The van der Waals surface area contributed by atoms with E-state index in [2.05, 4.69) is 0 Å². The Morgan fingerprint density at radius 1 is 1.36 bits per heavy atom. The predicted octanol–water partition coefficient (Wildman–Crippen LogP) is 0.347. The molecule has 0 aromatic heterocycles. The Morgan fingerprint density at radius 2 is 1.86 bits per heavy atom. The number of carboxylic acid groups (broad SMARTS) is 1. The molecule has 74 valence electrons. The van der Waals surface area contributed by atoms with Crippen LogP contribution in [0.3, 0.4) is 0 Å². The van der Waals surface area contributed by atoms with Crippen molar-refractivity contribution >= 4 is 5.97 Å². The van der Waals surface area contributed by atoms with E-state index in [1.54, 1.807) is 12.1 Å². The normalized spacial score (nSPS) is 11.5. The number of rotatable bonds is 3. The van der Waals surface area contributed by atoms with Gasteiger partial charge in [-0.2, -0.15) is 0 Å². The van der Waals surface area contributed by atoms with E-state index in [0.717, 1.165) is 5.56 Å². The van der Waals surface area contributed by atoms with E-state index in [-0.39, 0.29) is 53.9 Å². The number of carbonyl (C=O) groups is 1. The van der Waals surface area contributed by atoms with Gasteiger partial charge in [-0.1, -0.05) is 12.1 Å². The minimum absolute atomic E-state index is 0. The Morgan fingerprint density at radius 3 is 2.29 bits per heavy atom. The fraction of sp³-hybridized carbons (Fsp3) is 0.222. The van der Waals surface area contributed by atoms with Crippen molar-refractivity contribution in [2.75, 3.05) is 0 Å². The van der Waals surface area contributed by atoms with Gasteiger partial charge in [0.25, 0.3) is 0 Å². The molecule has 0 unspecified atom stereocenters. The molecule has 1 rings (SSSR count). The summed E-state index contributed by atoms with van der Waals surface area (Å²) in [6, 6.07) is 5.42. The zero-order valence-corrected chi connectivity index (χ0v) is 10.6. The van der Waals surface area contributed by atoms with Crippen LogP contribution in [0.4, 0.5) is 0 Å². The van der Waals surface area contributed by atoms with Crippen LogP contribution < -0.4 is 5.73 Å². The Labute approximate surface area is 115 Å². The van der Waals surface area contributed by atoms with Crippen LogP contribution in [0.1, 0.15) is 5.56 Å². The van der Waals surface area contributed by atoms with Crippen molar-refractivity contribution < 1.29 is 56.8 Å². The molecule has 0 amide bonds. The van der Waals surface area contributed by atoms with Gasteiger partial charge in [-0.05, 0) is 24.1 Å². The molecule has 0 saturated carbocycles. The van der Waals surface area contributed by atoms with Crippen LogP contribution in [0.25, 0.3) is 0 Å². The number of nitrogens with two attached hydrogens (primary N) is 1. The van der Waals surface area contributed by atoms with Crippen molar-refractivity contribution in [2.24, 2.45) is 5.73 Å². The molecule has 5 heteroatoms. The van der Waals surface area contributed by atoms with E-state index in [0.29, 0.717) is 0 Å². The molecule has 0 aliphatic rings. The van der Waals surface area contributed by atoms with Crippen LogP contribution in [-0.4, -0.2) is 22.2 Å². The maximum absolute atomic E-state index is 10.4. The minimum atomic E-state index is -1.02. The molecule has 0 fully saturated rings. The SMILES string of the molecule is N[C@@H](Cc1ccc(O)cc1)C(=O)O.[Ce]. The summed E-state index contributed by atoms with van der Waals surface area (Å²) in [7, 11) is 0. The first-order valence-electron chi connectivity index (χ1n) is 3.86. The Bertz CT molecular complexity index is 299. The number of hydrogen-bond donors (Lipinski definition) is 3. The summed E-state index contributed by atoms with van der Waals surface area (Å²) in [4.78, 5) is 10.4. The van der Waals surface area contributed by atoms with Gasteiger partial charge in [0.05, 0.1) is 0 Å². The molecule has 0 bridgehead atoms. The monoisotopic (exact) mass is 321 g/mol. The van der Waals surface area contributed by atoms with Crippen LogP contribution >= 0.6 is 0 Å². The Hall–Kier alpha value is -0.173. The number of aromatic hydroxyl groups is 1. The summed E-state index contributed by atoms with van der Waals surface area (Å²) in [5.74, 6) is -0.860. The zero-order chi connectivity index (χ0) is 9.84. The molecule has 4 N–H and O–H groups in total. The largest absolute Gasteiger partial charge is 0.508 e. The summed E-state index contributed by atoms with van der Waals surface area (Å²) in [5.41, 5.74) is 6.12. The van der Waals surface area contributed by atoms with E-state index in [9.17, 15) is 4.79 Å². The fourth-order valence-electron chi connectivity index (χ4n) is 0.973. The van der Waals surface area contributed by atoms with E-state index in [1.165, 1.54) is 12.1 Å². The molecule has 0 saturated heterocycles. The van der Waals surface area contributed by atoms with Crippen molar-refractivity contribution in [3.05, 3.63) is 29.8 Å². The number of hydrogen-bond acceptors (Lipinski definition) is 3. The molecule has 0 aliphatic carbocycles. The smallest absolute Gasteiger partial charge is 0.320 e.